The number of benzene rings is 2. The van der Waals surface area contributed by atoms with Crippen LogP contribution in [0.5, 0.6) is 5.88 Å². The summed E-state index contributed by atoms with van der Waals surface area (Å²) in [5.74, 6) is 0.909. The van der Waals surface area contributed by atoms with E-state index < -0.39 is 0 Å². The van der Waals surface area contributed by atoms with Crippen LogP contribution in [-0.2, 0) is 11.3 Å². The van der Waals surface area contributed by atoms with E-state index in [1.54, 1.807) is 25.1 Å². The predicted molar refractivity (Wildman–Crippen MR) is 140 cm³/mol. The molecule has 1 atom stereocenters. The molecule has 0 saturated carbocycles. The fourth-order valence-electron chi connectivity index (χ4n) is 4.81. The van der Waals surface area contributed by atoms with Gasteiger partial charge in [0.05, 0.1) is 17.9 Å². The first-order valence-electron chi connectivity index (χ1n) is 11.7. The molecule has 0 radical (unpaired) electrons. The van der Waals surface area contributed by atoms with Crippen LogP contribution in [0, 0.1) is 0 Å². The van der Waals surface area contributed by atoms with Crippen molar-refractivity contribution >= 4 is 40.0 Å². The van der Waals surface area contributed by atoms with Gasteiger partial charge in [0, 0.05) is 42.4 Å². The first kappa shape index (κ1) is 22.9. The van der Waals surface area contributed by atoms with Crippen molar-refractivity contribution in [1.82, 2.24) is 9.88 Å². The predicted octanol–water partition coefficient (Wildman–Crippen LogP) is 5.07. The van der Waals surface area contributed by atoms with Crippen LogP contribution in [-0.4, -0.2) is 53.3 Å². The molecule has 0 unspecified atom stereocenters. The second-order valence-electron chi connectivity index (χ2n) is 8.89. The molecule has 1 saturated heterocycles. The lowest BCUT2D eigenvalue weighted by Gasteiger charge is -2.23. The van der Waals surface area contributed by atoms with Gasteiger partial charge < -0.3 is 9.84 Å². The Morgan fingerprint density at radius 2 is 2.09 bits per heavy atom. The van der Waals surface area contributed by atoms with Crippen molar-refractivity contribution in [2.75, 3.05) is 26.0 Å². The first-order valence-corrected chi connectivity index (χ1v) is 12.7. The highest BCUT2D eigenvalue weighted by atomic mass is 32.2. The summed E-state index contributed by atoms with van der Waals surface area (Å²) >= 11 is 1.80. The van der Waals surface area contributed by atoms with Crippen LogP contribution in [0.2, 0.25) is 0 Å². The molecule has 0 amide bonds. The van der Waals surface area contributed by atoms with Gasteiger partial charge in [-0.2, -0.15) is 0 Å². The zero-order valence-corrected chi connectivity index (χ0v) is 20.1. The van der Waals surface area contributed by atoms with Gasteiger partial charge in [-0.15, -0.1) is 11.8 Å². The monoisotopic (exact) mass is 475 g/mol. The Kier molecular flexibility index (Phi) is 6.85. The molecule has 7 heteroatoms. The number of pyridine rings is 1. The number of hydrogen-bond donors (Lipinski definition) is 2. The van der Waals surface area contributed by atoms with Crippen LogP contribution < -0.4 is 5.56 Å². The topological polar surface area (TPSA) is 77.9 Å². The third-order valence-electron chi connectivity index (χ3n) is 6.65. The molecule has 5 rings (SSSR count). The van der Waals surface area contributed by atoms with Gasteiger partial charge in [-0.3, -0.25) is 19.7 Å². The lowest BCUT2D eigenvalue weighted by atomic mass is 9.99. The Hall–Kier alpha value is -2.87. The molecule has 2 aliphatic heterocycles. The Balaban J connectivity index is 1.39. The average Bonchev–Trinajstić information content (AvgIpc) is 3.53. The van der Waals surface area contributed by atoms with Crippen LogP contribution in [0.3, 0.4) is 0 Å². The molecule has 0 aliphatic carbocycles. The number of hydrogen-bond acceptors (Lipinski definition) is 6. The molecular formula is C27H29N3O3S. The molecule has 34 heavy (non-hydrogen) atoms. The fourth-order valence-corrected chi connectivity index (χ4v) is 5.72. The summed E-state index contributed by atoms with van der Waals surface area (Å²) in [5, 5.41) is 13.9. The summed E-state index contributed by atoms with van der Waals surface area (Å²) in [4.78, 5) is 22.0. The maximum absolute atomic E-state index is 12.4. The Labute approximate surface area is 203 Å². The highest BCUT2D eigenvalue weighted by Gasteiger charge is 2.24. The minimum Gasteiger partial charge on any atom is -0.494 e. The number of methoxy groups -OCH3 is 1. The molecule has 0 spiro atoms. The van der Waals surface area contributed by atoms with Crippen molar-refractivity contribution < 1.29 is 9.84 Å². The maximum Gasteiger partial charge on any atom is 0.258 e. The Morgan fingerprint density at radius 1 is 1.24 bits per heavy atom. The van der Waals surface area contributed by atoms with Gasteiger partial charge in [-0.1, -0.05) is 18.2 Å². The number of rotatable bonds is 7. The number of aromatic hydroxyl groups is 1. The van der Waals surface area contributed by atoms with Gasteiger partial charge in [0.25, 0.3) is 5.56 Å². The molecule has 0 bridgehead atoms. The van der Waals surface area contributed by atoms with E-state index in [1.807, 2.05) is 30.3 Å². The zero-order chi connectivity index (χ0) is 23.5. The standard InChI is InChI=1S/C27H29N3O3S/c1-33-16-22-3-2-11-30(22)15-18-4-7-21(8-5-18)28-14-25-24-13-19(20-10-12-34-17-20)6-9-23(24)26(31)29-27(25)32/h4-9,13-14,17,22H,2-3,10-12,15-16H2,1H3,(H2,29,31,32)/t22-/m0/s1. The van der Waals surface area contributed by atoms with E-state index in [4.69, 9.17) is 4.74 Å². The number of aromatic amines is 1. The molecule has 6 nitrogen and oxygen atoms in total. The van der Waals surface area contributed by atoms with Gasteiger partial charge in [-0.05, 0) is 72.2 Å². The van der Waals surface area contributed by atoms with Crippen molar-refractivity contribution in [1.29, 1.82) is 0 Å². The fraction of sp³-hybridized carbons (Fsp3) is 0.333. The molecule has 1 fully saturated rings. The van der Waals surface area contributed by atoms with Gasteiger partial charge in [-0.25, -0.2) is 0 Å². The van der Waals surface area contributed by atoms with E-state index >= 15 is 0 Å². The van der Waals surface area contributed by atoms with Crippen LogP contribution >= 0.6 is 11.8 Å². The van der Waals surface area contributed by atoms with E-state index in [1.165, 1.54) is 24.0 Å². The number of nitrogens with zero attached hydrogens (tertiary/aromatic N) is 2. The minimum absolute atomic E-state index is 0.164. The average molecular weight is 476 g/mol. The number of H-pyrrole nitrogens is 1. The van der Waals surface area contributed by atoms with E-state index in [-0.39, 0.29) is 11.4 Å². The highest BCUT2D eigenvalue weighted by Crippen LogP contribution is 2.33. The van der Waals surface area contributed by atoms with Crippen molar-refractivity contribution in [3.8, 4) is 5.88 Å². The maximum atomic E-state index is 12.4. The molecule has 2 aliphatic rings. The van der Waals surface area contributed by atoms with E-state index in [0.29, 0.717) is 22.4 Å². The number of aromatic nitrogens is 1. The van der Waals surface area contributed by atoms with Crippen LogP contribution in [0.15, 0.2) is 57.7 Å². The third kappa shape index (κ3) is 4.82. The highest BCUT2D eigenvalue weighted by molar-refractivity contribution is 8.02. The summed E-state index contributed by atoms with van der Waals surface area (Å²) < 4.78 is 5.36. The van der Waals surface area contributed by atoms with Gasteiger partial charge >= 0.3 is 0 Å². The second kappa shape index (κ2) is 10.2. The van der Waals surface area contributed by atoms with E-state index in [2.05, 4.69) is 32.4 Å². The van der Waals surface area contributed by atoms with Gasteiger partial charge in [0.1, 0.15) is 0 Å². The summed E-state index contributed by atoms with van der Waals surface area (Å²) in [6, 6.07) is 14.5. The summed E-state index contributed by atoms with van der Waals surface area (Å²) in [6.45, 7) is 2.78. The summed E-state index contributed by atoms with van der Waals surface area (Å²) in [5.41, 5.74) is 4.59. The molecular weight excluding hydrogens is 446 g/mol. The lowest BCUT2D eigenvalue weighted by molar-refractivity contribution is 0.112. The summed E-state index contributed by atoms with van der Waals surface area (Å²) in [6.07, 6.45) is 5.04. The molecule has 176 valence electrons. The third-order valence-corrected chi connectivity index (χ3v) is 7.54. The molecule has 2 N–H and O–H groups in total. The van der Waals surface area contributed by atoms with Crippen molar-refractivity contribution in [2.45, 2.75) is 31.8 Å². The largest absolute Gasteiger partial charge is 0.494 e. The lowest BCUT2D eigenvalue weighted by Crippen LogP contribution is -2.32. The SMILES string of the molecule is COC[C@@H]1CCCN1Cc1ccc(N=Cc2c(O)[nH]c(=O)c3ccc(C4=CSCC4)cc23)cc1. The van der Waals surface area contributed by atoms with Crippen molar-refractivity contribution in [2.24, 2.45) is 4.99 Å². The second-order valence-corrected chi connectivity index (χ2v) is 9.86. The van der Waals surface area contributed by atoms with Crippen molar-refractivity contribution in [3.05, 3.63) is 74.9 Å². The van der Waals surface area contributed by atoms with Crippen LogP contribution in [0.25, 0.3) is 16.3 Å². The zero-order valence-electron chi connectivity index (χ0n) is 19.3. The number of allylic oxidation sites excluding steroid dienone is 1. The summed E-state index contributed by atoms with van der Waals surface area (Å²) in [7, 11) is 1.76. The number of ether oxygens (including phenoxy) is 1. The van der Waals surface area contributed by atoms with Gasteiger partial charge in [0.15, 0.2) is 0 Å². The minimum atomic E-state index is -0.302. The first-order chi connectivity index (χ1) is 16.6. The van der Waals surface area contributed by atoms with E-state index in [9.17, 15) is 9.90 Å². The van der Waals surface area contributed by atoms with E-state index in [0.717, 1.165) is 43.1 Å². The quantitative estimate of drug-likeness (QED) is 0.467. The Morgan fingerprint density at radius 3 is 2.85 bits per heavy atom. The number of thioether (sulfide) groups is 1. The smallest absolute Gasteiger partial charge is 0.258 e. The molecule has 1 aromatic heterocycles. The Bertz CT molecular complexity index is 1300. The number of aliphatic imine (C=N–C) groups is 1. The number of likely N-dealkylation sites (tertiary alicyclic amines) is 1. The molecule has 3 heterocycles. The molecule has 2 aromatic carbocycles. The van der Waals surface area contributed by atoms with Gasteiger partial charge in [0.2, 0.25) is 5.88 Å². The number of nitrogens with one attached hydrogen (secondary N) is 1. The molecule has 3 aromatic rings. The normalized spacial score (nSPS) is 18.9. The van der Waals surface area contributed by atoms with Crippen molar-refractivity contribution in [3.63, 3.8) is 0 Å². The number of fused-ring (bicyclic) bond motifs is 1. The van der Waals surface area contributed by atoms with Crippen LogP contribution in [0.4, 0.5) is 5.69 Å². The van der Waals surface area contributed by atoms with Crippen LogP contribution in [0.1, 0.15) is 36.0 Å².